The summed E-state index contributed by atoms with van der Waals surface area (Å²) in [5, 5.41) is 13.0. The molecule has 1 aromatic rings. The van der Waals surface area contributed by atoms with E-state index in [0.717, 1.165) is 5.56 Å². The van der Waals surface area contributed by atoms with Gasteiger partial charge in [-0.3, -0.25) is 0 Å². The second kappa shape index (κ2) is 10.8. The van der Waals surface area contributed by atoms with Crippen molar-refractivity contribution >= 4 is 6.09 Å². The standard InChI is InChI=1S/C21H31NO4/c1-16(2)14-18(22-20(24)26-21(3,4)5)19(23)12-9-13-25-15-17-10-7-6-8-11-17/h6-8,10-11,16,18-19,23H,13-15H2,1-5H3,(H,22,24). The van der Waals surface area contributed by atoms with Gasteiger partial charge in [0.2, 0.25) is 0 Å². The first-order valence-electron chi connectivity index (χ1n) is 8.95. The average molecular weight is 361 g/mol. The third-order valence-electron chi connectivity index (χ3n) is 3.34. The van der Waals surface area contributed by atoms with E-state index in [0.29, 0.717) is 18.9 Å². The van der Waals surface area contributed by atoms with Crippen LogP contribution in [0.1, 0.15) is 46.6 Å². The fourth-order valence-electron chi connectivity index (χ4n) is 2.27. The smallest absolute Gasteiger partial charge is 0.407 e. The number of hydrogen-bond donors (Lipinski definition) is 2. The molecule has 1 rings (SSSR count). The van der Waals surface area contributed by atoms with Crippen molar-refractivity contribution in [3.05, 3.63) is 35.9 Å². The number of nitrogens with one attached hydrogen (secondary N) is 1. The van der Waals surface area contributed by atoms with Crippen molar-refractivity contribution in [3.8, 4) is 11.8 Å². The molecule has 2 atom stereocenters. The topological polar surface area (TPSA) is 67.8 Å². The number of benzene rings is 1. The summed E-state index contributed by atoms with van der Waals surface area (Å²) >= 11 is 0. The number of aliphatic hydroxyl groups is 1. The normalized spacial score (nSPS) is 13.5. The van der Waals surface area contributed by atoms with E-state index in [9.17, 15) is 9.90 Å². The van der Waals surface area contributed by atoms with Gasteiger partial charge in [-0.25, -0.2) is 4.79 Å². The SMILES string of the molecule is CC(C)CC(NC(=O)OC(C)(C)C)C(O)C#CCOCc1ccccc1. The van der Waals surface area contributed by atoms with Crippen LogP contribution in [0.2, 0.25) is 0 Å². The molecule has 0 fully saturated rings. The fraction of sp³-hybridized carbons (Fsp3) is 0.571. The molecule has 0 aliphatic heterocycles. The largest absolute Gasteiger partial charge is 0.444 e. The molecule has 26 heavy (non-hydrogen) atoms. The van der Waals surface area contributed by atoms with Gasteiger partial charge in [-0.2, -0.15) is 0 Å². The lowest BCUT2D eigenvalue weighted by Gasteiger charge is -2.25. The molecule has 1 amide bonds. The zero-order valence-corrected chi connectivity index (χ0v) is 16.4. The minimum absolute atomic E-state index is 0.215. The van der Waals surface area contributed by atoms with E-state index < -0.39 is 23.8 Å². The number of alkyl carbamates (subject to hydrolysis) is 1. The molecule has 2 N–H and O–H groups in total. The van der Waals surface area contributed by atoms with Gasteiger partial charge in [0.15, 0.2) is 0 Å². The van der Waals surface area contributed by atoms with E-state index >= 15 is 0 Å². The van der Waals surface area contributed by atoms with Crippen LogP contribution in [0.15, 0.2) is 30.3 Å². The van der Waals surface area contributed by atoms with Crippen LogP contribution in [0.25, 0.3) is 0 Å². The van der Waals surface area contributed by atoms with Crippen molar-refractivity contribution < 1.29 is 19.4 Å². The molecule has 0 aliphatic rings. The molecule has 0 spiro atoms. The van der Waals surface area contributed by atoms with Crippen LogP contribution < -0.4 is 5.32 Å². The van der Waals surface area contributed by atoms with Gasteiger partial charge >= 0.3 is 6.09 Å². The highest BCUT2D eigenvalue weighted by Gasteiger charge is 2.24. The van der Waals surface area contributed by atoms with Crippen LogP contribution in [-0.4, -0.2) is 35.6 Å². The molecule has 0 aromatic heterocycles. The van der Waals surface area contributed by atoms with E-state index in [1.54, 1.807) is 20.8 Å². The van der Waals surface area contributed by atoms with Gasteiger partial charge in [0.25, 0.3) is 0 Å². The van der Waals surface area contributed by atoms with Crippen LogP contribution in [0.4, 0.5) is 4.79 Å². The number of aliphatic hydroxyl groups excluding tert-OH is 1. The highest BCUT2D eigenvalue weighted by atomic mass is 16.6. The van der Waals surface area contributed by atoms with Crippen molar-refractivity contribution in [2.24, 2.45) is 5.92 Å². The number of carbonyl (C=O) groups is 1. The molecule has 5 nitrogen and oxygen atoms in total. The zero-order valence-electron chi connectivity index (χ0n) is 16.4. The summed E-state index contributed by atoms with van der Waals surface area (Å²) in [5.41, 5.74) is 0.480. The Balaban J connectivity index is 2.52. The summed E-state index contributed by atoms with van der Waals surface area (Å²) in [6.45, 7) is 10.1. The zero-order chi connectivity index (χ0) is 19.6. The minimum Gasteiger partial charge on any atom is -0.444 e. The first-order chi connectivity index (χ1) is 12.2. The lowest BCUT2D eigenvalue weighted by molar-refractivity contribution is 0.0447. The van der Waals surface area contributed by atoms with E-state index in [1.807, 2.05) is 44.2 Å². The first kappa shape index (κ1) is 22.0. The van der Waals surface area contributed by atoms with Crippen molar-refractivity contribution in [2.75, 3.05) is 6.61 Å². The Kier molecular flexibility index (Phi) is 9.18. The number of hydrogen-bond acceptors (Lipinski definition) is 4. The van der Waals surface area contributed by atoms with Crippen molar-refractivity contribution in [3.63, 3.8) is 0 Å². The number of rotatable bonds is 7. The summed E-state index contributed by atoms with van der Waals surface area (Å²) in [6.07, 6.45) is -0.936. The predicted molar refractivity (Wildman–Crippen MR) is 102 cm³/mol. The Hall–Kier alpha value is -2.03. The second-order valence-electron chi connectivity index (χ2n) is 7.63. The molecule has 0 radical (unpaired) electrons. The summed E-state index contributed by atoms with van der Waals surface area (Å²) < 4.78 is 10.7. The maximum atomic E-state index is 12.0. The van der Waals surface area contributed by atoms with Gasteiger partial charge in [-0.05, 0) is 38.7 Å². The molecular weight excluding hydrogens is 330 g/mol. The van der Waals surface area contributed by atoms with Gasteiger partial charge < -0.3 is 19.9 Å². The maximum Gasteiger partial charge on any atom is 0.407 e. The van der Waals surface area contributed by atoms with Gasteiger partial charge in [-0.15, -0.1) is 0 Å². The monoisotopic (exact) mass is 361 g/mol. The third kappa shape index (κ3) is 10.1. The van der Waals surface area contributed by atoms with Gasteiger partial charge in [0.05, 0.1) is 12.6 Å². The van der Waals surface area contributed by atoms with Crippen molar-refractivity contribution in [1.29, 1.82) is 0 Å². The van der Waals surface area contributed by atoms with E-state index in [2.05, 4.69) is 17.2 Å². The second-order valence-corrected chi connectivity index (χ2v) is 7.63. The van der Waals surface area contributed by atoms with Crippen LogP contribution in [-0.2, 0) is 16.1 Å². The maximum absolute atomic E-state index is 12.0. The number of amides is 1. The Labute approximate surface area is 157 Å². The van der Waals surface area contributed by atoms with Crippen LogP contribution in [0.5, 0.6) is 0 Å². The van der Waals surface area contributed by atoms with Gasteiger partial charge in [0.1, 0.15) is 18.3 Å². The van der Waals surface area contributed by atoms with E-state index in [1.165, 1.54) is 0 Å². The molecule has 144 valence electrons. The summed E-state index contributed by atoms with van der Waals surface area (Å²) in [7, 11) is 0. The summed E-state index contributed by atoms with van der Waals surface area (Å²) in [4.78, 5) is 12.0. The molecule has 1 aromatic carbocycles. The molecule has 0 saturated carbocycles. The number of ether oxygens (including phenoxy) is 2. The quantitative estimate of drug-likeness (QED) is 0.576. The molecule has 0 aliphatic carbocycles. The van der Waals surface area contributed by atoms with Crippen LogP contribution in [0.3, 0.4) is 0 Å². The molecule has 2 unspecified atom stereocenters. The molecule has 0 bridgehead atoms. The van der Waals surface area contributed by atoms with Gasteiger partial charge in [-0.1, -0.05) is 56.0 Å². The third-order valence-corrected chi connectivity index (χ3v) is 3.34. The lowest BCUT2D eigenvalue weighted by atomic mass is 9.99. The van der Waals surface area contributed by atoms with Crippen molar-refractivity contribution in [1.82, 2.24) is 5.32 Å². The molecular formula is C21H31NO4. The highest BCUT2D eigenvalue weighted by Crippen LogP contribution is 2.11. The first-order valence-corrected chi connectivity index (χ1v) is 8.95. The van der Waals surface area contributed by atoms with Crippen LogP contribution in [0, 0.1) is 17.8 Å². The molecule has 5 heteroatoms. The minimum atomic E-state index is -0.981. The average Bonchev–Trinajstić information content (AvgIpc) is 2.52. The van der Waals surface area contributed by atoms with Crippen LogP contribution >= 0.6 is 0 Å². The molecule has 0 saturated heterocycles. The fourth-order valence-corrected chi connectivity index (χ4v) is 2.27. The van der Waals surface area contributed by atoms with E-state index in [4.69, 9.17) is 9.47 Å². The van der Waals surface area contributed by atoms with Crippen molar-refractivity contribution in [2.45, 2.75) is 65.4 Å². The highest BCUT2D eigenvalue weighted by molar-refractivity contribution is 5.68. The lowest BCUT2D eigenvalue weighted by Crippen LogP contribution is -2.45. The Morgan fingerprint density at radius 3 is 2.46 bits per heavy atom. The molecule has 0 heterocycles. The predicted octanol–water partition coefficient (Wildman–Crippen LogP) is 3.51. The Morgan fingerprint density at radius 1 is 1.23 bits per heavy atom. The van der Waals surface area contributed by atoms with E-state index in [-0.39, 0.29) is 6.61 Å². The Bertz CT molecular complexity index is 596. The Morgan fingerprint density at radius 2 is 1.88 bits per heavy atom. The summed E-state index contributed by atoms with van der Waals surface area (Å²) in [5.74, 6) is 5.86. The number of carbonyl (C=O) groups excluding carboxylic acids is 1. The van der Waals surface area contributed by atoms with Gasteiger partial charge in [0, 0.05) is 0 Å². The summed E-state index contributed by atoms with van der Waals surface area (Å²) in [6, 6.07) is 9.32.